The highest BCUT2D eigenvalue weighted by molar-refractivity contribution is 5.83. The molecule has 2 heteroatoms. The number of halogens is 1. The van der Waals surface area contributed by atoms with E-state index in [4.69, 9.17) is 5.26 Å². The van der Waals surface area contributed by atoms with Gasteiger partial charge in [-0.25, -0.2) is 4.39 Å². The molecule has 2 aromatic carbocycles. The lowest BCUT2D eigenvalue weighted by Crippen LogP contribution is -1.78. The van der Waals surface area contributed by atoms with Crippen molar-refractivity contribution in [1.29, 1.82) is 5.26 Å². The Morgan fingerprint density at radius 3 is 2.92 bits per heavy atom. The maximum atomic E-state index is 12.8. The van der Waals surface area contributed by atoms with Crippen LogP contribution in [0, 0.1) is 23.2 Å². The van der Waals surface area contributed by atoms with Gasteiger partial charge in [0.25, 0.3) is 0 Å². The molecule has 0 fully saturated rings. The van der Waals surface area contributed by atoms with E-state index in [-0.39, 0.29) is 5.82 Å². The zero-order valence-electron chi connectivity index (χ0n) is 6.71. The topological polar surface area (TPSA) is 23.8 Å². The first-order valence-electron chi connectivity index (χ1n) is 3.81. The Hall–Kier alpha value is -1.88. The summed E-state index contributed by atoms with van der Waals surface area (Å²) in [4.78, 5) is 0. The molecule has 0 aromatic heterocycles. The number of nitrogens with zero attached hydrogens (tertiary/aromatic N) is 1. The second-order valence-corrected chi connectivity index (χ2v) is 2.73. The maximum absolute atomic E-state index is 12.8. The molecule has 0 saturated heterocycles. The van der Waals surface area contributed by atoms with Crippen molar-refractivity contribution in [3.05, 3.63) is 47.8 Å². The van der Waals surface area contributed by atoms with E-state index in [1.54, 1.807) is 18.2 Å². The molecular weight excluding hydrogens is 165 g/mol. The smallest absolute Gasteiger partial charge is 0.123 e. The first kappa shape index (κ1) is 7.75. The van der Waals surface area contributed by atoms with Gasteiger partial charge in [0, 0.05) is 0 Å². The lowest BCUT2D eigenvalue weighted by atomic mass is 10.1. The van der Waals surface area contributed by atoms with Crippen LogP contribution in [0.15, 0.2) is 30.3 Å². The molecule has 0 N–H and O–H groups in total. The molecule has 0 unspecified atom stereocenters. The quantitative estimate of drug-likeness (QED) is 0.596. The minimum absolute atomic E-state index is 0.295. The summed E-state index contributed by atoms with van der Waals surface area (Å²) in [6.07, 6.45) is 0. The Balaban J connectivity index is 2.77. The first-order valence-corrected chi connectivity index (χ1v) is 3.81. The van der Waals surface area contributed by atoms with Gasteiger partial charge in [0.2, 0.25) is 0 Å². The van der Waals surface area contributed by atoms with Gasteiger partial charge in [0.05, 0.1) is 11.6 Å². The predicted octanol–water partition coefficient (Wildman–Crippen LogP) is 2.65. The second kappa shape index (κ2) is 2.87. The van der Waals surface area contributed by atoms with Gasteiger partial charge in [-0.15, -0.1) is 0 Å². The first-order chi connectivity index (χ1) is 6.29. The summed E-state index contributed by atoms with van der Waals surface area (Å²) in [6, 6.07) is 12.6. The second-order valence-electron chi connectivity index (χ2n) is 2.73. The summed E-state index contributed by atoms with van der Waals surface area (Å²) in [5, 5.41) is 10.1. The van der Waals surface area contributed by atoms with Gasteiger partial charge in [0.15, 0.2) is 0 Å². The molecule has 0 saturated carbocycles. The van der Waals surface area contributed by atoms with Crippen LogP contribution in [-0.2, 0) is 0 Å². The van der Waals surface area contributed by atoms with Crippen molar-refractivity contribution in [2.45, 2.75) is 0 Å². The maximum Gasteiger partial charge on any atom is 0.123 e. The monoisotopic (exact) mass is 170 g/mol. The standard InChI is InChI=1S/C11H5FN/c12-11-4-3-9-2-1-8(7-13)5-10(9)6-11/h1,3-6H. The summed E-state index contributed by atoms with van der Waals surface area (Å²) in [5.74, 6) is -0.295. The van der Waals surface area contributed by atoms with Gasteiger partial charge in [-0.3, -0.25) is 0 Å². The van der Waals surface area contributed by atoms with E-state index in [1.165, 1.54) is 12.1 Å². The van der Waals surface area contributed by atoms with Crippen molar-refractivity contribution in [2.75, 3.05) is 0 Å². The molecule has 0 spiro atoms. The highest BCUT2D eigenvalue weighted by Gasteiger charge is 1.97. The van der Waals surface area contributed by atoms with Crippen LogP contribution in [0.4, 0.5) is 4.39 Å². The largest absolute Gasteiger partial charge is 0.207 e. The zero-order chi connectivity index (χ0) is 9.26. The summed E-state index contributed by atoms with van der Waals surface area (Å²) < 4.78 is 12.8. The normalized spacial score (nSPS) is 9.85. The molecule has 0 aliphatic carbocycles. The molecule has 2 aromatic rings. The van der Waals surface area contributed by atoms with Crippen molar-refractivity contribution in [3.8, 4) is 6.07 Å². The van der Waals surface area contributed by atoms with Crippen LogP contribution in [0.1, 0.15) is 5.56 Å². The van der Waals surface area contributed by atoms with Crippen molar-refractivity contribution in [3.63, 3.8) is 0 Å². The van der Waals surface area contributed by atoms with E-state index >= 15 is 0 Å². The van der Waals surface area contributed by atoms with Gasteiger partial charge >= 0.3 is 0 Å². The third kappa shape index (κ3) is 1.36. The number of hydrogen-bond donors (Lipinski definition) is 0. The Morgan fingerprint density at radius 1 is 1.31 bits per heavy atom. The van der Waals surface area contributed by atoms with E-state index in [1.807, 2.05) is 6.07 Å². The molecule has 0 amide bonds. The Morgan fingerprint density at radius 2 is 2.15 bits per heavy atom. The summed E-state index contributed by atoms with van der Waals surface area (Å²) in [6.45, 7) is 0. The van der Waals surface area contributed by atoms with Crippen molar-refractivity contribution in [2.24, 2.45) is 0 Å². The van der Waals surface area contributed by atoms with Crippen molar-refractivity contribution < 1.29 is 4.39 Å². The van der Waals surface area contributed by atoms with Crippen molar-refractivity contribution >= 4 is 10.8 Å². The van der Waals surface area contributed by atoms with Crippen molar-refractivity contribution in [1.82, 2.24) is 0 Å². The number of nitriles is 1. The Bertz CT molecular complexity index is 497. The fourth-order valence-electron chi connectivity index (χ4n) is 1.21. The fraction of sp³-hybridized carbons (Fsp3) is 0. The number of rotatable bonds is 0. The van der Waals surface area contributed by atoms with Crippen LogP contribution in [0.3, 0.4) is 0 Å². The van der Waals surface area contributed by atoms with E-state index in [9.17, 15) is 4.39 Å². The summed E-state index contributed by atoms with van der Waals surface area (Å²) >= 11 is 0. The van der Waals surface area contributed by atoms with E-state index in [0.29, 0.717) is 10.9 Å². The van der Waals surface area contributed by atoms with Crippen LogP contribution in [0.25, 0.3) is 10.8 Å². The lowest BCUT2D eigenvalue weighted by Gasteiger charge is -1.96. The van der Waals surface area contributed by atoms with E-state index in [0.717, 1.165) is 5.39 Å². The highest BCUT2D eigenvalue weighted by Crippen LogP contribution is 2.16. The van der Waals surface area contributed by atoms with Crippen LogP contribution in [-0.4, -0.2) is 0 Å². The third-order valence-electron chi connectivity index (χ3n) is 1.84. The number of benzene rings is 2. The Labute approximate surface area is 75.0 Å². The van der Waals surface area contributed by atoms with E-state index < -0.39 is 0 Å². The highest BCUT2D eigenvalue weighted by atomic mass is 19.1. The van der Waals surface area contributed by atoms with Gasteiger partial charge < -0.3 is 0 Å². The average Bonchev–Trinajstić information content (AvgIpc) is 2.16. The lowest BCUT2D eigenvalue weighted by molar-refractivity contribution is 0.630. The fourth-order valence-corrected chi connectivity index (χ4v) is 1.21. The molecule has 0 heterocycles. The molecule has 0 atom stereocenters. The molecular formula is C11H5FN. The van der Waals surface area contributed by atoms with E-state index in [2.05, 4.69) is 6.07 Å². The Kier molecular flexibility index (Phi) is 1.71. The van der Waals surface area contributed by atoms with Crippen LogP contribution >= 0.6 is 0 Å². The number of fused-ring (bicyclic) bond motifs is 1. The van der Waals surface area contributed by atoms with Crippen LogP contribution < -0.4 is 0 Å². The molecule has 13 heavy (non-hydrogen) atoms. The average molecular weight is 170 g/mol. The third-order valence-corrected chi connectivity index (χ3v) is 1.84. The summed E-state index contributed by atoms with van der Waals surface area (Å²) in [7, 11) is 0. The SMILES string of the molecule is N#Cc1c[c]c2ccc(F)cc2c1. The van der Waals surface area contributed by atoms with Crippen LogP contribution in [0.2, 0.25) is 0 Å². The molecule has 0 aliphatic rings. The minimum atomic E-state index is -0.295. The predicted molar refractivity (Wildman–Crippen MR) is 47.5 cm³/mol. The molecule has 0 bridgehead atoms. The number of hydrogen-bond acceptors (Lipinski definition) is 1. The zero-order valence-corrected chi connectivity index (χ0v) is 6.71. The molecule has 0 aliphatic heterocycles. The van der Waals surface area contributed by atoms with Gasteiger partial charge in [-0.1, -0.05) is 6.07 Å². The van der Waals surface area contributed by atoms with Gasteiger partial charge in [-0.2, -0.15) is 5.26 Å². The van der Waals surface area contributed by atoms with Gasteiger partial charge in [-0.05, 0) is 41.1 Å². The van der Waals surface area contributed by atoms with Crippen LogP contribution in [0.5, 0.6) is 0 Å². The molecule has 1 nitrogen and oxygen atoms in total. The minimum Gasteiger partial charge on any atom is -0.207 e. The summed E-state index contributed by atoms with van der Waals surface area (Å²) in [5.41, 5.74) is 0.498. The molecule has 61 valence electrons. The molecule has 1 radical (unpaired) electrons. The molecule has 2 rings (SSSR count). The van der Waals surface area contributed by atoms with Gasteiger partial charge in [0.1, 0.15) is 5.82 Å².